The van der Waals surface area contributed by atoms with E-state index in [0.717, 1.165) is 0 Å². The molecule has 27 heavy (non-hydrogen) atoms. The highest BCUT2D eigenvalue weighted by atomic mass is 19.1. The molecule has 0 radical (unpaired) electrons. The summed E-state index contributed by atoms with van der Waals surface area (Å²) in [5.74, 6) is 1.39. The lowest BCUT2D eigenvalue weighted by molar-refractivity contribution is 0.0992. The Morgan fingerprint density at radius 2 is 1.74 bits per heavy atom. The first kappa shape index (κ1) is 18.3. The van der Waals surface area contributed by atoms with Crippen molar-refractivity contribution >= 4 is 11.6 Å². The third kappa shape index (κ3) is 4.58. The highest BCUT2D eigenvalue weighted by Crippen LogP contribution is 2.29. The standard InChI is InChI=1S/C20H18FNO5/c1-24-15-7-9-18(25-2)17(11-15)22-20(23)19-10-8-16(27-19)12-26-14-5-3-13(21)4-6-14/h3-11H,12H2,1-2H3,(H,22,23). The monoisotopic (exact) mass is 371 g/mol. The summed E-state index contributed by atoms with van der Waals surface area (Å²) in [5, 5.41) is 2.73. The Labute approximate surface area is 155 Å². The van der Waals surface area contributed by atoms with Gasteiger partial charge in [-0.05, 0) is 48.5 Å². The van der Waals surface area contributed by atoms with Gasteiger partial charge in [-0.1, -0.05) is 0 Å². The van der Waals surface area contributed by atoms with Crippen molar-refractivity contribution in [1.29, 1.82) is 0 Å². The van der Waals surface area contributed by atoms with Crippen LogP contribution in [0.1, 0.15) is 16.3 Å². The zero-order chi connectivity index (χ0) is 19.2. The molecule has 1 amide bonds. The fourth-order valence-corrected chi connectivity index (χ4v) is 2.36. The Bertz CT molecular complexity index is 920. The van der Waals surface area contributed by atoms with Gasteiger partial charge in [-0.2, -0.15) is 0 Å². The van der Waals surface area contributed by atoms with Crippen LogP contribution in [-0.2, 0) is 6.61 Å². The van der Waals surface area contributed by atoms with Crippen LogP contribution in [0.5, 0.6) is 17.2 Å². The van der Waals surface area contributed by atoms with Gasteiger partial charge in [-0.3, -0.25) is 4.79 Å². The van der Waals surface area contributed by atoms with Gasteiger partial charge in [0, 0.05) is 6.07 Å². The van der Waals surface area contributed by atoms with E-state index >= 15 is 0 Å². The summed E-state index contributed by atoms with van der Waals surface area (Å²) in [6.45, 7) is 0.112. The highest BCUT2D eigenvalue weighted by Gasteiger charge is 2.15. The summed E-state index contributed by atoms with van der Waals surface area (Å²) < 4.78 is 34.3. The number of hydrogen-bond acceptors (Lipinski definition) is 5. The molecule has 0 saturated heterocycles. The van der Waals surface area contributed by atoms with E-state index in [2.05, 4.69) is 5.32 Å². The number of carbonyl (C=O) groups excluding carboxylic acids is 1. The van der Waals surface area contributed by atoms with Gasteiger partial charge in [0.1, 0.15) is 35.4 Å². The Kier molecular flexibility index (Phi) is 5.61. The molecule has 1 heterocycles. The van der Waals surface area contributed by atoms with E-state index in [1.165, 1.54) is 38.5 Å². The van der Waals surface area contributed by atoms with Gasteiger partial charge >= 0.3 is 0 Å². The lowest BCUT2D eigenvalue weighted by Gasteiger charge is -2.10. The minimum atomic E-state index is -0.436. The van der Waals surface area contributed by atoms with E-state index in [1.54, 1.807) is 30.3 Å². The second kappa shape index (κ2) is 8.27. The minimum Gasteiger partial charge on any atom is -0.497 e. The lowest BCUT2D eigenvalue weighted by atomic mass is 10.2. The zero-order valence-electron chi connectivity index (χ0n) is 14.8. The Balaban J connectivity index is 1.65. The molecule has 1 aromatic heterocycles. The average Bonchev–Trinajstić information content (AvgIpc) is 3.16. The van der Waals surface area contributed by atoms with E-state index in [0.29, 0.717) is 28.7 Å². The van der Waals surface area contributed by atoms with Gasteiger partial charge in [-0.25, -0.2) is 4.39 Å². The fraction of sp³-hybridized carbons (Fsp3) is 0.150. The molecule has 0 aliphatic rings. The molecule has 0 fully saturated rings. The van der Waals surface area contributed by atoms with E-state index in [-0.39, 0.29) is 18.2 Å². The molecular formula is C20H18FNO5. The Hall–Kier alpha value is -3.48. The first-order valence-electron chi connectivity index (χ1n) is 8.09. The second-order valence-electron chi connectivity index (χ2n) is 5.53. The van der Waals surface area contributed by atoms with Crippen LogP contribution in [0.4, 0.5) is 10.1 Å². The third-order valence-electron chi connectivity index (χ3n) is 3.74. The molecule has 1 N–H and O–H groups in total. The lowest BCUT2D eigenvalue weighted by Crippen LogP contribution is -2.12. The molecule has 0 saturated carbocycles. The molecule has 0 atom stereocenters. The molecule has 0 unspecified atom stereocenters. The van der Waals surface area contributed by atoms with Crippen LogP contribution in [0.25, 0.3) is 0 Å². The predicted molar refractivity (Wildman–Crippen MR) is 96.9 cm³/mol. The SMILES string of the molecule is COc1ccc(OC)c(NC(=O)c2ccc(COc3ccc(F)cc3)o2)c1. The third-order valence-corrected chi connectivity index (χ3v) is 3.74. The van der Waals surface area contributed by atoms with Crippen molar-refractivity contribution < 1.29 is 27.8 Å². The summed E-state index contributed by atoms with van der Waals surface area (Å²) in [6, 6.07) is 13.9. The van der Waals surface area contributed by atoms with Crippen LogP contribution in [0.2, 0.25) is 0 Å². The number of methoxy groups -OCH3 is 2. The first-order chi connectivity index (χ1) is 13.1. The van der Waals surface area contributed by atoms with Crippen molar-refractivity contribution in [3.63, 3.8) is 0 Å². The fourth-order valence-electron chi connectivity index (χ4n) is 2.36. The highest BCUT2D eigenvalue weighted by molar-refractivity contribution is 6.03. The van der Waals surface area contributed by atoms with Crippen molar-refractivity contribution in [2.24, 2.45) is 0 Å². The van der Waals surface area contributed by atoms with Crippen LogP contribution in [-0.4, -0.2) is 20.1 Å². The quantitative estimate of drug-likeness (QED) is 0.672. The number of anilines is 1. The van der Waals surface area contributed by atoms with Crippen LogP contribution in [0, 0.1) is 5.82 Å². The number of ether oxygens (including phenoxy) is 3. The molecule has 0 bridgehead atoms. The summed E-state index contributed by atoms with van der Waals surface area (Å²) in [7, 11) is 3.04. The van der Waals surface area contributed by atoms with Crippen LogP contribution >= 0.6 is 0 Å². The predicted octanol–water partition coefficient (Wildman–Crippen LogP) is 4.27. The molecule has 7 heteroatoms. The van der Waals surface area contributed by atoms with Crippen molar-refractivity contribution in [1.82, 2.24) is 0 Å². The maximum atomic E-state index is 12.9. The van der Waals surface area contributed by atoms with Crippen molar-refractivity contribution in [3.05, 3.63) is 71.9 Å². The molecule has 0 spiro atoms. The maximum Gasteiger partial charge on any atom is 0.291 e. The number of nitrogens with one attached hydrogen (secondary N) is 1. The minimum absolute atomic E-state index is 0.112. The van der Waals surface area contributed by atoms with Gasteiger partial charge in [-0.15, -0.1) is 0 Å². The van der Waals surface area contributed by atoms with Crippen LogP contribution < -0.4 is 19.5 Å². The smallest absolute Gasteiger partial charge is 0.291 e. The van der Waals surface area contributed by atoms with Gasteiger partial charge in [0.05, 0.1) is 19.9 Å². The molecule has 2 aromatic carbocycles. The largest absolute Gasteiger partial charge is 0.497 e. The van der Waals surface area contributed by atoms with Gasteiger partial charge < -0.3 is 23.9 Å². The molecule has 0 aliphatic carbocycles. The maximum absolute atomic E-state index is 12.9. The number of benzene rings is 2. The first-order valence-corrected chi connectivity index (χ1v) is 8.09. The normalized spacial score (nSPS) is 10.3. The molecular weight excluding hydrogens is 353 g/mol. The van der Waals surface area contributed by atoms with Gasteiger partial charge in [0.15, 0.2) is 5.76 Å². The van der Waals surface area contributed by atoms with Crippen molar-refractivity contribution in [2.45, 2.75) is 6.61 Å². The average molecular weight is 371 g/mol. The van der Waals surface area contributed by atoms with Crippen LogP contribution in [0.3, 0.4) is 0 Å². The van der Waals surface area contributed by atoms with E-state index < -0.39 is 5.91 Å². The number of rotatable bonds is 7. The Morgan fingerprint density at radius 1 is 1.00 bits per heavy atom. The zero-order valence-corrected chi connectivity index (χ0v) is 14.8. The van der Waals surface area contributed by atoms with Gasteiger partial charge in [0.2, 0.25) is 0 Å². The number of halogens is 1. The summed E-state index contributed by atoms with van der Waals surface area (Å²) in [5.41, 5.74) is 0.461. The second-order valence-corrected chi connectivity index (χ2v) is 5.53. The topological polar surface area (TPSA) is 69.9 Å². The van der Waals surface area contributed by atoms with Crippen LogP contribution in [0.15, 0.2) is 59.0 Å². The molecule has 3 aromatic rings. The summed E-state index contributed by atoms with van der Waals surface area (Å²) in [4.78, 5) is 12.4. The molecule has 6 nitrogen and oxygen atoms in total. The van der Waals surface area contributed by atoms with Gasteiger partial charge in [0.25, 0.3) is 5.91 Å². The Morgan fingerprint density at radius 3 is 2.44 bits per heavy atom. The van der Waals surface area contributed by atoms with Crippen molar-refractivity contribution in [3.8, 4) is 17.2 Å². The number of carbonyl (C=O) groups is 1. The van der Waals surface area contributed by atoms with E-state index in [9.17, 15) is 9.18 Å². The molecule has 3 rings (SSSR count). The van der Waals surface area contributed by atoms with E-state index in [1.807, 2.05) is 0 Å². The summed E-state index contributed by atoms with van der Waals surface area (Å²) in [6.07, 6.45) is 0. The number of amides is 1. The molecule has 140 valence electrons. The number of hydrogen-bond donors (Lipinski definition) is 1. The summed E-state index contributed by atoms with van der Waals surface area (Å²) >= 11 is 0. The number of furan rings is 1. The van der Waals surface area contributed by atoms with E-state index in [4.69, 9.17) is 18.6 Å². The van der Waals surface area contributed by atoms with Crippen molar-refractivity contribution in [2.75, 3.05) is 19.5 Å². The molecule has 0 aliphatic heterocycles.